The van der Waals surface area contributed by atoms with E-state index < -0.39 is 28.1 Å². The molecule has 1 fully saturated rings. The van der Waals surface area contributed by atoms with Gasteiger partial charge < -0.3 is 29.0 Å². The number of benzene rings is 3. The van der Waals surface area contributed by atoms with Gasteiger partial charge in [-0.3, -0.25) is 4.79 Å². The standard InChI is InChI=1S/C36H38N4O8S2/c1-23-17-34(24(2)49-23)50(44,45)48-30-13-9-27(10-14-30)38-36(43)39(31(35(37)42)18-25-6-11-29(41)12-7-25)28-5-4-16-40(3,21-28)20-26-8-15-32-33(19-26)47-22-46-32/h6-15,17,19,31H,4-5,16,18,20-22H2,1-3H3,(H2-2,37,38,41,42,43)/p+2/b39-28+/t31-,40?/m0/s1. The molecule has 3 amide bonds. The molecule has 1 saturated heterocycles. The van der Waals surface area contributed by atoms with Crippen molar-refractivity contribution in [3.63, 3.8) is 0 Å². The molecule has 2 atom stereocenters. The molecule has 6 rings (SSSR count). The van der Waals surface area contributed by atoms with Crippen LogP contribution in [0.1, 0.15) is 33.7 Å². The summed E-state index contributed by atoms with van der Waals surface area (Å²) in [5, 5.41) is 12.7. The summed E-state index contributed by atoms with van der Waals surface area (Å²) in [6.45, 7) is 5.72. The van der Waals surface area contributed by atoms with Crippen molar-refractivity contribution in [1.29, 1.82) is 0 Å². The molecule has 3 aromatic carbocycles. The van der Waals surface area contributed by atoms with E-state index in [2.05, 4.69) is 12.4 Å². The number of nitrogens with one attached hydrogen (secondary N) is 1. The zero-order valence-electron chi connectivity index (χ0n) is 28.0. The normalized spacial score (nSPS) is 18.7. The number of rotatable bonds is 10. The molecule has 3 heterocycles. The van der Waals surface area contributed by atoms with Crippen molar-refractivity contribution >= 4 is 44.8 Å². The molecule has 4 N–H and O–H groups in total. The molecule has 50 heavy (non-hydrogen) atoms. The summed E-state index contributed by atoms with van der Waals surface area (Å²) in [5.41, 5.74) is 8.91. The van der Waals surface area contributed by atoms with Crippen molar-refractivity contribution in [1.82, 2.24) is 0 Å². The lowest BCUT2D eigenvalue weighted by molar-refractivity contribution is -0.918. The number of thiophene rings is 1. The monoisotopic (exact) mass is 720 g/mol. The lowest BCUT2D eigenvalue weighted by Crippen LogP contribution is -2.56. The number of primary amides is 1. The van der Waals surface area contributed by atoms with Gasteiger partial charge in [-0.2, -0.15) is 17.8 Å². The van der Waals surface area contributed by atoms with Gasteiger partial charge in [-0.15, -0.1) is 11.3 Å². The number of nitrogens with two attached hydrogens (primary N) is 1. The maximum Gasteiger partial charge on any atom is 0.496 e. The molecule has 0 saturated carbocycles. The smallest absolute Gasteiger partial charge is 0.496 e. The average molecular weight is 721 g/mol. The molecule has 2 aliphatic heterocycles. The lowest BCUT2D eigenvalue weighted by Gasteiger charge is -2.38. The molecule has 14 heteroatoms. The van der Waals surface area contributed by atoms with Crippen LogP contribution in [-0.4, -0.2) is 73.2 Å². The summed E-state index contributed by atoms with van der Waals surface area (Å²) in [5.74, 6) is 0.896. The van der Waals surface area contributed by atoms with Crippen LogP contribution in [0.4, 0.5) is 10.5 Å². The second-order valence-corrected chi connectivity index (χ2v) is 15.9. The van der Waals surface area contributed by atoms with Crippen molar-refractivity contribution in [3.05, 3.63) is 93.7 Å². The fourth-order valence-corrected chi connectivity index (χ4v) is 9.01. The molecule has 2 aliphatic rings. The van der Waals surface area contributed by atoms with Crippen LogP contribution in [-0.2, 0) is 27.9 Å². The third-order valence-electron chi connectivity index (χ3n) is 8.87. The Bertz CT molecular complexity index is 2060. The van der Waals surface area contributed by atoms with Crippen LogP contribution in [0.15, 0.2) is 77.7 Å². The lowest BCUT2D eigenvalue weighted by atomic mass is 10.0. The van der Waals surface area contributed by atoms with Crippen LogP contribution in [0.25, 0.3) is 0 Å². The second kappa shape index (κ2) is 14.1. The van der Waals surface area contributed by atoms with E-state index in [0.717, 1.165) is 34.7 Å². The van der Waals surface area contributed by atoms with E-state index in [9.17, 15) is 23.1 Å². The molecule has 0 aliphatic carbocycles. The molecule has 0 bridgehead atoms. The summed E-state index contributed by atoms with van der Waals surface area (Å²) in [6.07, 6.45) is 1.48. The minimum Gasteiger partial charge on any atom is -0.508 e. The first-order valence-electron chi connectivity index (χ1n) is 16.1. The number of carbonyl (C=O) groups excluding carboxylic acids is 2. The van der Waals surface area contributed by atoms with Gasteiger partial charge in [-0.25, -0.2) is 5.32 Å². The van der Waals surface area contributed by atoms with Gasteiger partial charge in [0, 0.05) is 34.6 Å². The Morgan fingerprint density at radius 2 is 1.72 bits per heavy atom. The number of quaternary nitrogens is 1. The summed E-state index contributed by atoms with van der Waals surface area (Å²) in [7, 11) is -1.93. The fraction of sp³-hybridized carbons (Fsp3) is 0.306. The number of nitrogens with zero attached hydrogens (tertiary/aromatic N) is 2. The van der Waals surface area contributed by atoms with Crippen LogP contribution in [0, 0.1) is 13.8 Å². The topological polar surface area (TPSA) is 157 Å². The quantitative estimate of drug-likeness (QED) is 0.116. The maximum absolute atomic E-state index is 14.2. The number of fused-ring (bicyclic) bond motifs is 1. The predicted molar refractivity (Wildman–Crippen MR) is 189 cm³/mol. The molecule has 0 radical (unpaired) electrons. The molecule has 1 aromatic heterocycles. The van der Waals surface area contributed by atoms with Crippen molar-refractivity contribution < 1.29 is 45.8 Å². The second-order valence-electron chi connectivity index (χ2n) is 12.9. The molecule has 1 unspecified atom stereocenters. The number of amides is 3. The summed E-state index contributed by atoms with van der Waals surface area (Å²) in [6, 6.07) is 18.3. The van der Waals surface area contributed by atoms with Crippen LogP contribution in [0.5, 0.6) is 23.0 Å². The van der Waals surface area contributed by atoms with E-state index in [4.69, 9.17) is 19.4 Å². The zero-order valence-corrected chi connectivity index (χ0v) is 29.7. The van der Waals surface area contributed by atoms with Gasteiger partial charge >= 0.3 is 16.1 Å². The largest absolute Gasteiger partial charge is 0.508 e. The fourth-order valence-electron chi connectivity index (χ4n) is 6.56. The first-order chi connectivity index (χ1) is 23.8. The Morgan fingerprint density at radius 3 is 2.40 bits per heavy atom. The number of aryl methyl sites for hydroxylation is 2. The number of hydrogen-bond acceptors (Lipinski definition) is 9. The highest BCUT2D eigenvalue weighted by Crippen LogP contribution is 2.34. The molecule has 12 nitrogen and oxygen atoms in total. The summed E-state index contributed by atoms with van der Waals surface area (Å²) < 4.78 is 44.3. The summed E-state index contributed by atoms with van der Waals surface area (Å²) >= 11 is 1.37. The van der Waals surface area contributed by atoms with Crippen LogP contribution >= 0.6 is 11.3 Å². The van der Waals surface area contributed by atoms with Crippen molar-refractivity contribution in [2.75, 3.05) is 32.2 Å². The van der Waals surface area contributed by atoms with Crippen molar-refractivity contribution in [2.24, 2.45) is 5.73 Å². The van der Waals surface area contributed by atoms with Crippen LogP contribution in [0.2, 0.25) is 0 Å². The third-order valence-corrected chi connectivity index (χ3v) is 11.3. The molecule has 4 aromatic rings. The number of hydrogen-bond donors (Lipinski definition) is 3. The van der Waals surface area contributed by atoms with E-state index in [-0.39, 0.29) is 29.6 Å². The van der Waals surface area contributed by atoms with Gasteiger partial charge in [0.1, 0.15) is 40.9 Å². The van der Waals surface area contributed by atoms with Gasteiger partial charge in [0.25, 0.3) is 5.91 Å². The number of ether oxygens (including phenoxy) is 2. The minimum absolute atomic E-state index is 0.0815. The van der Waals surface area contributed by atoms with Crippen molar-refractivity contribution in [3.8, 4) is 23.0 Å². The van der Waals surface area contributed by atoms with E-state index >= 15 is 0 Å². The third kappa shape index (κ3) is 7.93. The summed E-state index contributed by atoms with van der Waals surface area (Å²) in [4.78, 5) is 29.0. The van der Waals surface area contributed by atoms with Gasteiger partial charge in [0.15, 0.2) is 17.5 Å². The predicted octanol–water partition coefficient (Wildman–Crippen LogP) is 5.09. The molecule has 0 spiro atoms. The Labute approximate surface area is 295 Å². The van der Waals surface area contributed by atoms with E-state index in [1.807, 2.05) is 25.1 Å². The van der Waals surface area contributed by atoms with E-state index in [1.54, 1.807) is 25.1 Å². The Hall–Kier alpha value is -4.92. The highest BCUT2D eigenvalue weighted by molar-refractivity contribution is 7.87. The molecular weight excluding hydrogens is 681 g/mol. The average Bonchev–Trinajstić information content (AvgIpc) is 3.67. The minimum atomic E-state index is -4.05. The Balaban J connectivity index is 1.28. The Morgan fingerprint density at radius 1 is 1.02 bits per heavy atom. The SMILES string of the molecule is Cc1cc(S(=O)(=O)Oc2ccc(NC(=O)/[N+](=C3\CCC[N+](C)(Cc4ccc5c(c4)OCO5)C3)[C@@H](Cc3ccc(O)cc3)C(N)=O)cc2)c(C)s1. The van der Waals surface area contributed by atoms with Gasteiger partial charge in [-0.05, 0) is 80.1 Å². The first-order valence-corrected chi connectivity index (χ1v) is 18.4. The number of piperidine rings is 1. The first kappa shape index (κ1) is 34.9. The maximum atomic E-state index is 14.2. The number of urea groups is 1. The van der Waals surface area contributed by atoms with Gasteiger partial charge in [0.05, 0.1) is 13.6 Å². The highest BCUT2D eigenvalue weighted by atomic mass is 32.2. The van der Waals surface area contributed by atoms with E-state index in [0.29, 0.717) is 46.1 Å². The van der Waals surface area contributed by atoms with E-state index in [1.165, 1.54) is 52.3 Å². The number of phenols is 1. The number of aromatic hydroxyl groups is 1. The molecule has 262 valence electrons. The number of anilines is 1. The zero-order chi connectivity index (χ0) is 35.6. The highest BCUT2D eigenvalue weighted by Gasteiger charge is 2.39. The van der Waals surface area contributed by atoms with Crippen LogP contribution < -0.4 is 24.7 Å². The number of likely N-dealkylation sites (tertiary alicyclic amines) is 1. The number of carbonyl (C=O) groups is 2. The molecular formula is C36H40N4O8S2+2. The number of phenolic OH excluding ortho intramolecular Hbond substituents is 1. The Kier molecular flexibility index (Phi) is 9.87. The van der Waals surface area contributed by atoms with Gasteiger partial charge in [0.2, 0.25) is 6.79 Å². The van der Waals surface area contributed by atoms with Gasteiger partial charge in [-0.1, -0.05) is 12.1 Å². The van der Waals surface area contributed by atoms with Crippen LogP contribution in [0.3, 0.4) is 0 Å². The van der Waals surface area contributed by atoms with Crippen molar-refractivity contribution in [2.45, 2.75) is 50.6 Å².